The number of carbonyl (C=O) groups excluding carboxylic acids is 1. The lowest BCUT2D eigenvalue weighted by molar-refractivity contribution is -0.120. The molecule has 2 aromatic carbocycles. The molecular formula is C17H18N2O2. The standard InChI is InChI=1S/C17H18N2O2/c1-2-13-6-8-14(9-7-13)11-17(21)19-18-12-15-4-3-5-16(20)10-15/h3-10,12,20H,2,11H2,1H3,(H,19,21)/b18-12-. The second kappa shape index (κ2) is 7.24. The number of rotatable bonds is 5. The number of nitrogens with zero attached hydrogens (tertiary/aromatic N) is 1. The molecule has 21 heavy (non-hydrogen) atoms. The van der Waals surface area contributed by atoms with Crippen LogP contribution in [0.3, 0.4) is 0 Å². The van der Waals surface area contributed by atoms with Gasteiger partial charge in [0.1, 0.15) is 5.75 Å². The highest BCUT2D eigenvalue weighted by atomic mass is 16.3. The van der Waals surface area contributed by atoms with Crippen molar-refractivity contribution in [3.63, 3.8) is 0 Å². The van der Waals surface area contributed by atoms with Gasteiger partial charge in [-0.2, -0.15) is 5.10 Å². The number of carbonyl (C=O) groups is 1. The van der Waals surface area contributed by atoms with Crippen molar-refractivity contribution in [2.45, 2.75) is 19.8 Å². The summed E-state index contributed by atoms with van der Waals surface area (Å²) in [4.78, 5) is 11.7. The van der Waals surface area contributed by atoms with Gasteiger partial charge in [0, 0.05) is 0 Å². The van der Waals surface area contributed by atoms with E-state index in [1.807, 2.05) is 24.3 Å². The fourth-order valence-electron chi connectivity index (χ4n) is 1.90. The molecule has 2 rings (SSSR count). The summed E-state index contributed by atoms with van der Waals surface area (Å²) in [5, 5.41) is 13.2. The van der Waals surface area contributed by atoms with Gasteiger partial charge < -0.3 is 5.11 Å². The minimum atomic E-state index is -0.171. The second-order valence-corrected chi connectivity index (χ2v) is 4.73. The van der Waals surface area contributed by atoms with Gasteiger partial charge in [0.25, 0.3) is 0 Å². The lowest BCUT2D eigenvalue weighted by Crippen LogP contribution is -2.19. The summed E-state index contributed by atoms with van der Waals surface area (Å²) in [6, 6.07) is 14.6. The van der Waals surface area contributed by atoms with Gasteiger partial charge in [0.2, 0.25) is 5.91 Å². The molecule has 0 saturated heterocycles. The first-order chi connectivity index (χ1) is 10.2. The van der Waals surface area contributed by atoms with Crippen molar-refractivity contribution in [2.24, 2.45) is 5.10 Å². The Hall–Kier alpha value is -2.62. The van der Waals surface area contributed by atoms with Crippen molar-refractivity contribution < 1.29 is 9.90 Å². The number of nitrogens with one attached hydrogen (secondary N) is 1. The number of phenolic OH excluding ortho intramolecular Hbond substituents is 1. The smallest absolute Gasteiger partial charge is 0.244 e. The number of amides is 1. The molecule has 0 radical (unpaired) electrons. The molecule has 4 nitrogen and oxygen atoms in total. The number of aryl methyl sites for hydroxylation is 1. The Bertz CT molecular complexity index is 633. The molecule has 0 heterocycles. The molecule has 108 valence electrons. The van der Waals surface area contributed by atoms with Crippen LogP contribution in [0.1, 0.15) is 23.6 Å². The predicted molar refractivity (Wildman–Crippen MR) is 83.4 cm³/mol. The maximum absolute atomic E-state index is 11.7. The van der Waals surface area contributed by atoms with Gasteiger partial charge in [-0.25, -0.2) is 5.43 Å². The van der Waals surface area contributed by atoms with Gasteiger partial charge in [0.05, 0.1) is 12.6 Å². The topological polar surface area (TPSA) is 61.7 Å². The molecule has 0 saturated carbocycles. The maximum atomic E-state index is 11.7. The molecule has 0 spiro atoms. The number of hydrazone groups is 1. The van der Waals surface area contributed by atoms with Crippen molar-refractivity contribution in [3.05, 3.63) is 65.2 Å². The number of hydrogen-bond acceptors (Lipinski definition) is 3. The molecule has 0 fully saturated rings. The predicted octanol–water partition coefficient (Wildman–Crippen LogP) is 2.65. The van der Waals surface area contributed by atoms with Crippen LogP contribution in [0.4, 0.5) is 0 Å². The lowest BCUT2D eigenvalue weighted by atomic mass is 10.1. The van der Waals surface area contributed by atoms with E-state index in [1.165, 1.54) is 11.8 Å². The van der Waals surface area contributed by atoms with Crippen LogP contribution >= 0.6 is 0 Å². The quantitative estimate of drug-likeness (QED) is 0.654. The zero-order valence-corrected chi connectivity index (χ0v) is 11.9. The summed E-state index contributed by atoms with van der Waals surface area (Å²) < 4.78 is 0. The molecular weight excluding hydrogens is 264 g/mol. The Balaban J connectivity index is 1.86. The molecule has 0 atom stereocenters. The highest BCUT2D eigenvalue weighted by Crippen LogP contribution is 2.08. The summed E-state index contributed by atoms with van der Waals surface area (Å²) in [5.41, 5.74) is 5.41. The molecule has 0 aliphatic heterocycles. The van der Waals surface area contributed by atoms with Crippen molar-refractivity contribution in [2.75, 3.05) is 0 Å². The number of aromatic hydroxyl groups is 1. The SMILES string of the molecule is CCc1ccc(CC(=O)N/N=C\c2cccc(O)c2)cc1. The summed E-state index contributed by atoms with van der Waals surface area (Å²) in [5.74, 6) is -0.00283. The largest absolute Gasteiger partial charge is 0.508 e. The van der Waals surface area contributed by atoms with Crippen LogP contribution in [0.2, 0.25) is 0 Å². The summed E-state index contributed by atoms with van der Waals surface area (Å²) in [6.45, 7) is 2.10. The zero-order chi connectivity index (χ0) is 15.1. The van der Waals surface area contributed by atoms with Crippen molar-refractivity contribution in [3.8, 4) is 5.75 Å². The first kappa shape index (κ1) is 14.8. The van der Waals surface area contributed by atoms with E-state index in [9.17, 15) is 9.90 Å². The molecule has 1 amide bonds. The fourth-order valence-corrected chi connectivity index (χ4v) is 1.90. The Morgan fingerprint density at radius 1 is 1.19 bits per heavy atom. The molecule has 0 aliphatic carbocycles. The van der Waals surface area contributed by atoms with Gasteiger partial charge >= 0.3 is 0 Å². The van der Waals surface area contributed by atoms with Crippen LogP contribution in [0.15, 0.2) is 53.6 Å². The van der Waals surface area contributed by atoms with E-state index in [0.717, 1.165) is 17.5 Å². The summed E-state index contributed by atoms with van der Waals surface area (Å²) in [7, 11) is 0. The average Bonchev–Trinajstić information content (AvgIpc) is 2.48. The molecule has 0 bridgehead atoms. The molecule has 4 heteroatoms. The first-order valence-corrected chi connectivity index (χ1v) is 6.86. The minimum absolute atomic E-state index is 0.168. The summed E-state index contributed by atoms with van der Waals surface area (Å²) >= 11 is 0. The number of phenols is 1. The monoisotopic (exact) mass is 282 g/mol. The normalized spacial score (nSPS) is 10.7. The minimum Gasteiger partial charge on any atom is -0.508 e. The van der Waals surface area contributed by atoms with E-state index < -0.39 is 0 Å². The van der Waals surface area contributed by atoms with Crippen LogP contribution in [0.25, 0.3) is 0 Å². The van der Waals surface area contributed by atoms with Gasteiger partial charge in [0.15, 0.2) is 0 Å². The molecule has 0 unspecified atom stereocenters. The number of hydrogen-bond donors (Lipinski definition) is 2. The number of benzene rings is 2. The second-order valence-electron chi connectivity index (χ2n) is 4.73. The maximum Gasteiger partial charge on any atom is 0.244 e. The molecule has 2 N–H and O–H groups in total. The van der Waals surface area contributed by atoms with E-state index in [1.54, 1.807) is 24.3 Å². The van der Waals surface area contributed by atoms with Crippen LogP contribution < -0.4 is 5.43 Å². The van der Waals surface area contributed by atoms with E-state index in [4.69, 9.17) is 0 Å². The van der Waals surface area contributed by atoms with E-state index >= 15 is 0 Å². The van der Waals surface area contributed by atoms with E-state index in [0.29, 0.717) is 6.42 Å². The third-order valence-electron chi connectivity index (χ3n) is 3.07. The van der Waals surface area contributed by atoms with Crippen molar-refractivity contribution in [1.82, 2.24) is 5.43 Å². The van der Waals surface area contributed by atoms with Gasteiger partial charge in [-0.3, -0.25) is 4.79 Å². The van der Waals surface area contributed by atoms with E-state index in [2.05, 4.69) is 17.5 Å². The van der Waals surface area contributed by atoms with Crippen molar-refractivity contribution >= 4 is 12.1 Å². The fraction of sp³-hybridized carbons (Fsp3) is 0.176. The van der Waals surface area contributed by atoms with Crippen molar-refractivity contribution in [1.29, 1.82) is 0 Å². The van der Waals surface area contributed by atoms with Crippen LogP contribution in [0, 0.1) is 0 Å². The van der Waals surface area contributed by atoms with Crippen LogP contribution in [0.5, 0.6) is 5.75 Å². The highest BCUT2D eigenvalue weighted by Gasteiger charge is 2.01. The Morgan fingerprint density at radius 3 is 2.57 bits per heavy atom. The zero-order valence-electron chi connectivity index (χ0n) is 11.9. The first-order valence-electron chi connectivity index (χ1n) is 6.86. The third kappa shape index (κ3) is 4.76. The Labute approximate surface area is 124 Å². The van der Waals surface area contributed by atoms with Crippen LogP contribution in [-0.2, 0) is 17.6 Å². The summed E-state index contributed by atoms with van der Waals surface area (Å²) in [6.07, 6.45) is 2.78. The van der Waals surface area contributed by atoms with Gasteiger partial charge in [-0.15, -0.1) is 0 Å². The molecule has 0 aromatic heterocycles. The van der Waals surface area contributed by atoms with E-state index in [-0.39, 0.29) is 11.7 Å². The Kier molecular flexibility index (Phi) is 5.10. The molecule has 2 aromatic rings. The third-order valence-corrected chi connectivity index (χ3v) is 3.07. The average molecular weight is 282 g/mol. The van der Waals surface area contributed by atoms with Crippen LogP contribution in [-0.4, -0.2) is 17.2 Å². The lowest BCUT2D eigenvalue weighted by Gasteiger charge is -2.02. The Morgan fingerprint density at radius 2 is 1.90 bits per heavy atom. The molecule has 0 aliphatic rings. The highest BCUT2D eigenvalue weighted by molar-refractivity contribution is 5.83. The van der Waals surface area contributed by atoms with Gasteiger partial charge in [-0.05, 0) is 35.2 Å². The van der Waals surface area contributed by atoms with Gasteiger partial charge in [-0.1, -0.05) is 43.3 Å².